The van der Waals surface area contributed by atoms with Gasteiger partial charge in [0.05, 0.1) is 5.69 Å². The van der Waals surface area contributed by atoms with Crippen LogP contribution in [-0.4, -0.2) is 28.7 Å². The zero-order chi connectivity index (χ0) is 20.8. The number of nitrogens with zero attached hydrogens (tertiary/aromatic N) is 2. The molecule has 0 saturated carbocycles. The Balaban J connectivity index is 2.33. The number of carbonyl (C=O) groups is 1. The normalized spacial score (nSPS) is 12.3. The van der Waals surface area contributed by atoms with Gasteiger partial charge in [-0.15, -0.1) is 10.2 Å². The van der Waals surface area contributed by atoms with Gasteiger partial charge in [0, 0.05) is 24.3 Å². The van der Waals surface area contributed by atoms with E-state index in [1.807, 2.05) is 6.07 Å². The zero-order valence-electron chi connectivity index (χ0n) is 17.4. The van der Waals surface area contributed by atoms with Crippen LogP contribution in [0.25, 0.3) is 0 Å². The SMILES string of the molecule is Cc1ccc(Nc2cc(NC(CN)CC(C)C)nnc2C(N)=O)cc1C(C)C. The topological polar surface area (TPSA) is 119 Å². The van der Waals surface area contributed by atoms with Gasteiger partial charge < -0.3 is 22.1 Å². The third-order valence-corrected chi connectivity index (χ3v) is 4.60. The molecule has 28 heavy (non-hydrogen) atoms. The summed E-state index contributed by atoms with van der Waals surface area (Å²) in [4.78, 5) is 11.8. The molecule has 1 heterocycles. The van der Waals surface area contributed by atoms with Crippen molar-refractivity contribution in [3.05, 3.63) is 41.1 Å². The highest BCUT2D eigenvalue weighted by Gasteiger charge is 2.16. The summed E-state index contributed by atoms with van der Waals surface area (Å²) in [6.07, 6.45) is 0.911. The van der Waals surface area contributed by atoms with Gasteiger partial charge in [-0.2, -0.15) is 0 Å². The Labute approximate surface area is 167 Å². The number of hydrogen-bond donors (Lipinski definition) is 4. The number of benzene rings is 1. The highest BCUT2D eigenvalue weighted by Crippen LogP contribution is 2.27. The first kappa shape index (κ1) is 21.6. The molecule has 7 nitrogen and oxygen atoms in total. The average Bonchev–Trinajstić information content (AvgIpc) is 2.62. The van der Waals surface area contributed by atoms with Gasteiger partial charge in [0.2, 0.25) is 0 Å². The smallest absolute Gasteiger partial charge is 0.271 e. The highest BCUT2D eigenvalue weighted by atomic mass is 16.1. The van der Waals surface area contributed by atoms with E-state index in [1.165, 1.54) is 11.1 Å². The quantitative estimate of drug-likeness (QED) is 0.525. The fourth-order valence-electron chi connectivity index (χ4n) is 3.23. The molecular weight excluding hydrogens is 352 g/mol. The van der Waals surface area contributed by atoms with E-state index in [9.17, 15) is 4.79 Å². The van der Waals surface area contributed by atoms with Crippen LogP contribution >= 0.6 is 0 Å². The van der Waals surface area contributed by atoms with Crippen molar-refractivity contribution < 1.29 is 4.79 Å². The first-order chi connectivity index (χ1) is 13.2. The lowest BCUT2D eigenvalue weighted by atomic mass is 9.97. The molecule has 152 valence electrons. The predicted octanol–water partition coefficient (Wildman–Crippen LogP) is 3.54. The van der Waals surface area contributed by atoms with E-state index < -0.39 is 5.91 Å². The fraction of sp³-hybridized carbons (Fsp3) is 0.476. The zero-order valence-corrected chi connectivity index (χ0v) is 17.4. The van der Waals surface area contributed by atoms with E-state index >= 15 is 0 Å². The Bertz CT molecular complexity index is 819. The van der Waals surface area contributed by atoms with Crippen LogP contribution in [0.1, 0.15) is 61.6 Å². The molecule has 0 saturated heterocycles. The second kappa shape index (κ2) is 9.50. The molecule has 0 fully saturated rings. The van der Waals surface area contributed by atoms with Crippen molar-refractivity contribution in [3.8, 4) is 0 Å². The molecular formula is C21H32N6O. The Hall–Kier alpha value is -2.67. The van der Waals surface area contributed by atoms with Gasteiger partial charge in [0.1, 0.15) is 0 Å². The number of nitrogens with two attached hydrogens (primary N) is 2. The summed E-state index contributed by atoms with van der Waals surface area (Å²) in [5.41, 5.74) is 15.3. The number of anilines is 3. The maximum Gasteiger partial charge on any atom is 0.271 e. The number of carbonyl (C=O) groups excluding carboxylic acids is 1. The van der Waals surface area contributed by atoms with Crippen LogP contribution in [0.2, 0.25) is 0 Å². The Kier molecular flexibility index (Phi) is 7.34. The van der Waals surface area contributed by atoms with E-state index in [-0.39, 0.29) is 11.7 Å². The number of primary amides is 1. The molecule has 0 aliphatic rings. The Morgan fingerprint density at radius 1 is 1.14 bits per heavy atom. The van der Waals surface area contributed by atoms with Crippen LogP contribution in [0, 0.1) is 12.8 Å². The largest absolute Gasteiger partial charge is 0.365 e. The van der Waals surface area contributed by atoms with Crippen molar-refractivity contribution in [1.82, 2.24) is 10.2 Å². The van der Waals surface area contributed by atoms with Crippen LogP contribution in [0.15, 0.2) is 24.3 Å². The molecule has 0 bridgehead atoms. The van der Waals surface area contributed by atoms with E-state index in [2.05, 4.69) is 67.6 Å². The van der Waals surface area contributed by atoms with Gasteiger partial charge in [-0.1, -0.05) is 33.8 Å². The van der Waals surface area contributed by atoms with Gasteiger partial charge in [-0.05, 0) is 48.4 Å². The molecule has 0 aliphatic heterocycles. The molecule has 1 unspecified atom stereocenters. The second-order valence-electron chi connectivity index (χ2n) is 7.91. The molecule has 6 N–H and O–H groups in total. The van der Waals surface area contributed by atoms with E-state index in [4.69, 9.17) is 11.5 Å². The van der Waals surface area contributed by atoms with Crippen molar-refractivity contribution in [2.24, 2.45) is 17.4 Å². The van der Waals surface area contributed by atoms with Crippen LogP contribution in [0.5, 0.6) is 0 Å². The van der Waals surface area contributed by atoms with Gasteiger partial charge >= 0.3 is 0 Å². The number of hydrogen-bond acceptors (Lipinski definition) is 6. The minimum Gasteiger partial charge on any atom is -0.365 e. The lowest BCUT2D eigenvalue weighted by Crippen LogP contribution is -2.31. The number of nitrogens with one attached hydrogen (secondary N) is 2. The summed E-state index contributed by atoms with van der Waals surface area (Å²) in [7, 11) is 0. The number of aromatic nitrogens is 2. The third kappa shape index (κ3) is 5.66. The van der Waals surface area contributed by atoms with Crippen LogP contribution in [-0.2, 0) is 0 Å². The van der Waals surface area contributed by atoms with Gasteiger partial charge in [-0.3, -0.25) is 4.79 Å². The molecule has 0 aliphatic carbocycles. The van der Waals surface area contributed by atoms with E-state index in [1.54, 1.807) is 6.07 Å². The number of rotatable bonds is 9. The molecule has 2 rings (SSSR count). The maximum absolute atomic E-state index is 11.8. The van der Waals surface area contributed by atoms with Gasteiger partial charge in [0.15, 0.2) is 11.5 Å². The summed E-state index contributed by atoms with van der Waals surface area (Å²) >= 11 is 0. The highest BCUT2D eigenvalue weighted by molar-refractivity contribution is 5.97. The number of amides is 1. The summed E-state index contributed by atoms with van der Waals surface area (Å²) in [6.45, 7) is 11.2. The van der Waals surface area contributed by atoms with Crippen molar-refractivity contribution in [1.29, 1.82) is 0 Å². The van der Waals surface area contributed by atoms with E-state index in [0.29, 0.717) is 29.9 Å². The second-order valence-corrected chi connectivity index (χ2v) is 7.91. The van der Waals surface area contributed by atoms with Crippen molar-refractivity contribution >= 4 is 23.1 Å². The lowest BCUT2D eigenvalue weighted by molar-refractivity contribution is 0.0995. The van der Waals surface area contributed by atoms with Crippen LogP contribution < -0.4 is 22.1 Å². The summed E-state index contributed by atoms with van der Waals surface area (Å²) in [5.74, 6) is 0.820. The minimum atomic E-state index is -0.629. The van der Waals surface area contributed by atoms with Crippen molar-refractivity contribution in [2.75, 3.05) is 17.2 Å². The summed E-state index contributed by atoms with van der Waals surface area (Å²) in [5, 5.41) is 14.7. The summed E-state index contributed by atoms with van der Waals surface area (Å²) < 4.78 is 0. The molecule has 1 atom stereocenters. The monoisotopic (exact) mass is 384 g/mol. The Morgan fingerprint density at radius 2 is 1.86 bits per heavy atom. The first-order valence-electron chi connectivity index (χ1n) is 9.73. The standard InChI is InChI=1S/C21H32N6O/c1-12(2)8-16(11-22)25-19-10-18(20(21(23)28)27-26-19)24-15-7-6-14(5)17(9-15)13(3)4/h6-7,9-10,12-13,16H,8,11,22H2,1-5H3,(H2,23,28)(H2,24,25,26). The minimum absolute atomic E-state index is 0.0773. The van der Waals surface area contributed by atoms with Gasteiger partial charge in [0.25, 0.3) is 5.91 Å². The van der Waals surface area contributed by atoms with E-state index in [0.717, 1.165) is 12.1 Å². The van der Waals surface area contributed by atoms with Gasteiger partial charge in [-0.25, -0.2) is 0 Å². The fourth-order valence-corrected chi connectivity index (χ4v) is 3.23. The average molecular weight is 385 g/mol. The van der Waals surface area contributed by atoms with Crippen molar-refractivity contribution in [3.63, 3.8) is 0 Å². The van der Waals surface area contributed by atoms with Crippen LogP contribution in [0.3, 0.4) is 0 Å². The third-order valence-electron chi connectivity index (χ3n) is 4.60. The maximum atomic E-state index is 11.8. The summed E-state index contributed by atoms with van der Waals surface area (Å²) in [6, 6.07) is 7.95. The molecule has 2 aromatic rings. The van der Waals surface area contributed by atoms with Crippen LogP contribution in [0.4, 0.5) is 17.2 Å². The predicted molar refractivity (Wildman–Crippen MR) is 115 cm³/mol. The molecule has 0 radical (unpaired) electrons. The first-order valence-corrected chi connectivity index (χ1v) is 9.73. The number of aryl methyl sites for hydroxylation is 1. The molecule has 1 aromatic heterocycles. The lowest BCUT2D eigenvalue weighted by Gasteiger charge is -2.20. The Morgan fingerprint density at radius 3 is 2.43 bits per heavy atom. The molecule has 1 amide bonds. The van der Waals surface area contributed by atoms with Crippen molar-refractivity contribution in [2.45, 2.75) is 53.0 Å². The molecule has 0 spiro atoms. The molecule has 1 aromatic carbocycles. The molecule has 7 heteroatoms.